The Morgan fingerprint density at radius 2 is 2.06 bits per heavy atom. The quantitative estimate of drug-likeness (QED) is 0.366. The van der Waals surface area contributed by atoms with Crippen LogP contribution in [0.3, 0.4) is 0 Å². The van der Waals surface area contributed by atoms with Crippen molar-refractivity contribution >= 4 is 33.6 Å². The molecule has 1 aliphatic heterocycles. The van der Waals surface area contributed by atoms with Crippen molar-refractivity contribution in [2.75, 3.05) is 7.05 Å². The molecule has 1 aromatic heterocycles. The molecule has 1 atom stereocenters. The van der Waals surface area contributed by atoms with Crippen LogP contribution in [-0.4, -0.2) is 23.6 Å². The van der Waals surface area contributed by atoms with Gasteiger partial charge in [-0.15, -0.1) is 0 Å². The van der Waals surface area contributed by atoms with Crippen LogP contribution in [0.5, 0.6) is 0 Å². The highest BCUT2D eigenvalue weighted by molar-refractivity contribution is 6.15. The first kappa shape index (κ1) is 22.6. The summed E-state index contributed by atoms with van der Waals surface area (Å²) < 4.78 is 6.43. The van der Waals surface area contributed by atoms with E-state index in [1.165, 1.54) is 5.56 Å². The molecular formula is C31H29N3O. The van der Waals surface area contributed by atoms with Gasteiger partial charge in [-0.1, -0.05) is 91.6 Å². The minimum Gasteiger partial charge on any atom is -0.456 e. The van der Waals surface area contributed by atoms with Crippen LogP contribution in [0.1, 0.15) is 30.6 Å². The molecule has 0 fully saturated rings. The number of hydrogen-bond donors (Lipinski definition) is 0. The Morgan fingerprint density at radius 3 is 2.89 bits per heavy atom. The summed E-state index contributed by atoms with van der Waals surface area (Å²) in [5.41, 5.74) is 5.88. The number of furan rings is 1. The van der Waals surface area contributed by atoms with Crippen LogP contribution >= 0.6 is 0 Å². The number of nitrogens with zero attached hydrogens (tertiary/aromatic N) is 3. The molecule has 1 aliphatic carbocycles. The summed E-state index contributed by atoms with van der Waals surface area (Å²) in [4.78, 5) is 12.3. The highest BCUT2D eigenvalue weighted by atomic mass is 16.3. The Bertz CT molecular complexity index is 1520. The molecule has 0 saturated carbocycles. The molecule has 0 bridgehead atoms. The van der Waals surface area contributed by atoms with Crippen molar-refractivity contribution < 1.29 is 4.42 Å². The molecule has 174 valence electrons. The summed E-state index contributed by atoms with van der Waals surface area (Å²) in [6, 6.07) is 12.7. The average Bonchev–Trinajstić information content (AvgIpc) is 3.03. The maximum atomic E-state index is 6.43. The van der Waals surface area contributed by atoms with E-state index in [4.69, 9.17) is 14.4 Å². The summed E-state index contributed by atoms with van der Waals surface area (Å²) in [6.45, 7) is 8.13. The van der Waals surface area contributed by atoms with Crippen molar-refractivity contribution in [1.82, 2.24) is 4.90 Å². The van der Waals surface area contributed by atoms with Crippen molar-refractivity contribution in [2.45, 2.75) is 26.4 Å². The topological polar surface area (TPSA) is 41.1 Å². The zero-order chi connectivity index (χ0) is 24.4. The predicted octanol–water partition coefficient (Wildman–Crippen LogP) is 7.77. The number of rotatable bonds is 5. The molecule has 1 unspecified atom stereocenters. The van der Waals surface area contributed by atoms with E-state index >= 15 is 0 Å². The first-order valence-electron chi connectivity index (χ1n) is 11.9. The van der Waals surface area contributed by atoms with Gasteiger partial charge in [-0.2, -0.15) is 0 Å². The molecule has 0 saturated heterocycles. The Hall–Kier alpha value is -4.18. The molecule has 0 spiro atoms. The second kappa shape index (κ2) is 9.59. The molecular weight excluding hydrogens is 430 g/mol. The highest BCUT2D eigenvalue weighted by Gasteiger charge is 2.29. The zero-order valence-electron chi connectivity index (χ0n) is 20.4. The van der Waals surface area contributed by atoms with Gasteiger partial charge in [0.15, 0.2) is 12.0 Å². The number of aryl methyl sites for hydroxylation is 1. The molecule has 35 heavy (non-hydrogen) atoms. The molecule has 2 aromatic carbocycles. The number of allylic oxidation sites excluding steroid dienone is 7. The second-order valence-corrected chi connectivity index (χ2v) is 8.73. The normalized spacial score (nSPS) is 18.7. The first-order chi connectivity index (χ1) is 17.1. The maximum Gasteiger partial charge on any atom is 0.159 e. The third-order valence-corrected chi connectivity index (χ3v) is 6.32. The lowest BCUT2D eigenvalue weighted by Gasteiger charge is -2.32. The fraction of sp³-hybridized carbons (Fsp3) is 0.161. The lowest BCUT2D eigenvalue weighted by atomic mass is 10.0. The van der Waals surface area contributed by atoms with Crippen LogP contribution in [-0.2, 0) is 0 Å². The predicted molar refractivity (Wildman–Crippen MR) is 148 cm³/mol. The van der Waals surface area contributed by atoms with Crippen LogP contribution in [0, 0.1) is 6.92 Å². The Balaban J connectivity index is 1.71. The zero-order valence-corrected chi connectivity index (χ0v) is 20.4. The number of hydrogen-bond acceptors (Lipinski definition) is 4. The molecule has 0 N–H and O–H groups in total. The maximum absolute atomic E-state index is 6.43. The van der Waals surface area contributed by atoms with Gasteiger partial charge >= 0.3 is 0 Å². The fourth-order valence-corrected chi connectivity index (χ4v) is 4.52. The summed E-state index contributed by atoms with van der Waals surface area (Å²) in [7, 11) is 2.03. The Kier molecular flexibility index (Phi) is 6.19. The average molecular weight is 460 g/mol. The van der Waals surface area contributed by atoms with Gasteiger partial charge in [-0.05, 0) is 31.9 Å². The van der Waals surface area contributed by atoms with Crippen molar-refractivity contribution in [3.8, 4) is 0 Å². The van der Waals surface area contributed by atoms with Gasteiger partial charge in [-0.25, -0.2) is 9.98 Å². The molecule has 5 rings (SSSR count). The Labute approximate surface area is 206 Å². The number of amidine groups is 2. The van der Waals surface area contributed by atoms with E-state index in [0.717, 1.165) is 50.9 Å². The number of para-hydroxylation sites is 1. The van der Waals surface area contributed by atoms with E-state index < -0.39 is 0 Å². The van der Waals surface area contributed by atoms with Gasteiger partial charge in [0.2, 0.25) is 0 Å². The van der Waals surface area contributed by atoms with Crippen LogP contribution in [0.2, 0.25) is 0 Å². The van der Waals surface area contributed by atoms with Crippen molar-refractivity contribution in [1.29, 1.82) is 0 Å². The van der Waals surface area contributed by atoms with Gasteiger partial charge in [0, 0.05) is 34.5 Å². The molecule has 2 aliphatic rings. The summed E-state index contributed by atoms with van der Waals surface area (Å²) >= 11 is 0. The van der Waals surface area contributed by atoms with Crippen LogP contribution in [0.15, 0.2) is 123 Å². The molecule has 4 heteroatoms. The van der Waals surface area contributed by atoms with Gasteiger partial charge in [0.05, 0.1) is 0 Å². The summed E-state index contributed by atoms with van der Waals surface area (Å²) in [5, 5.41) is 2.21. The highest BCUT2D eigenvalue weighted by Crippen LogP contribution is 2.37. The van der Waals surface area contributed by atoms with E-state index in [1.807, 2.05) is 44.4 Å². The number of aliphatic imine (C=N–C) groups is 2. The lowest BCUT2D eigenvalue weighted by molar-refractivity contribution is 0.382. The monoisotopic (exact) mass is 459 g/mol. The lowest BCUT2D eigenvalue weighted by Crippen LogP contribution is -2.36. The van der Waals surface area contributed by atoms with Crippen molar-refractivity contribution in [3.05, 3.63) is 120 Å². The van der Waals surface area contributed by atoms with E-state index in [-0.39, 0.29) is 6.17 Å². The fourth-order valence-electron chi connectivity index (χ4n) is 4.52. The van der Waals surface area contributed by atoms with Gasteiger partial charge in [0.25, 0.3) is 0 Å². The number of fused-ring (bicyclic) bond motifs is 3. The molecule has 2 heterocycles. The molecule has 0 amide bonds. The van der Waals surface area contributed by atoms with Crippen LogP contribution in [0.25, 0.3) is 21.9 Å². The van der Waals surface area contributed by atoms with E-state index in [2.05, 4.69) is 79.1 Å². The standard InChI is InChI=1S/C31H29N3O/c1-5-7-13-22(6-2)30-32-29(23-14-10-8-9-11-15-23)33-31(34(30)4)26-17-12-16-25-24-19-18-21(3)20-27(24)35-28(25)26/h5-10,12-20,31H,2,11H2,1,3-4H3/b7-5-,22-13+. The largest absolute Gasteiger partial charge is 0.456 e. The van der Waals surface area contributed by atoms with Gasteiger partial charge in [-0.3, -0.25) is 0 Å². The molecule has 3 aromatic rings. The van der Waals surface area contributed by atoms with Crippen molar-refractivity contribution in [2.24, 2.45) is 9.98 Å². The smallest absolute Gasteiger partial charge is 0.159 e. The van der Waals surface area contributed by atoms with Crippen LogP contribution < -0.4 is 0 Å². The van der Waals surface area contributed by atoms with E-state index in [9.17, 15) is 0 Å². The third kappa shape index (κ3) is 4.24. The van der Waals surface area contributed by atoms with Crippen LogP contribution in [0.4, 0.5) is 0 Å². The number of benzene rings is 2. The summed E-state index contributed by atoms with van der Waals surface area (Å²) in [5.74, 6) is 1.53. The minimum atomic E-state index is -0.303. The molecule has 0 radical (unpaired) electrons. The first-order valence-corrected chi connectivity index (χ1v) is 11.9. The second-order valence-electron chi connectivity index (χ2n) is 8.73. The Morgan fingerprint density at radius 1 is 1.17 bits per heavy atom. The van der Waals surface area contributed by atoms with Gasteiger partial charge in [0.1, 0.15) is 17.0 Å². The summed E-state index contributed by atoms with van der Waals surface area (Å²) in [6.07, 6.45) is 18.9. The van der Waals surface area contributed by atoms with Crippen molar-refractivity contribution in [3.63, 3.8) is 0 Å². The molecule has 4 nitrogen and oxygen atoms in total. The van der Waals surface area contributed by atoms with Gasteiger partial charge < -0.3 is 9.32 Å². The SMILES string of the molecule is C=C/C(=C\C=C/C)C1=NC(C2=CCC=CC=C2)=NC(c2cccc3c2oc2cc(C)ccc23)N1C. The van der Waals surface area contributed by atoms with E-state index in [1.54, 1.807) is 0 Å². The third-order valence-electron chi connectivity index (χ3n) is 6.32. The minimum absolute atomic E-state index is 0.303. The van der Waals surface area contributed by atoms with E-state index in [0.29, 0.717) is 5.84 Å². The number of likely N-dealkylation sites (N-methyl/N-ethyl adjacent to an activating group) is 1.